The predicted molar refractivity (Wildman–Crippen MR) is 120 cm³/mol. The Morgan fingerprint density at radius 3 is 2.72 bits per heavy atom. The van der Waals surface area contributed by atoms with Gasteiger partial charge in [-0.2, -0.15) is 4.37 Å². The number of ether oxygens (including phenoxy) is 1. The fraction of sp³-hybridized carbons (Fsp3) is 0.364. The molecule has 1 aromatic heterocycles. The first-order valence-electron chi connectivity index (χ1n) is 10.6. The van der Waals surface area contributed by atoms with E-state index >= 15 is 0 Å². The Labute approximate surface area is 190 Å². The maximum Gasteiger partial charge on any atom is 0.263 e. The van der Waals surface area contributed by atoms with Gasteiger partial charge in [0, 0.05) is 41.7 Å². The van der Waals surface area contributed by atoms with Gasteiger partial charge in [-0.05, 0) is 43.1 Å². The highest BCUT2D eigenvalue weighted by Gasteiger charge is 2.34. The predicted octanol–water partition coefficient (Wildman–Crippen LogP) is 4.53. The Bertz CT molecular complexity index is 1190. The molecule has 2 aliphatic rings. The van der Waals surface area contributed by atoms with Crippen molar-refractivity contribution >= 4 is 26.7 Å². The van der Waals surface area contributed by atoms with Crippen molar-refractivity contribution in [3.05, 3.63) is 65.7 Å². The number of rotatable bonds is 5. The summed E-state index contributed by atoms with van der Waals surface area (Å²) < 4.78 is 51.1. The van der Waals surface area contributed by atoms with E-state index in [0.717, 1.165) is 54.9 Å². The SMILES string of the molecule is O=S(=O)(Nc1ncns1)c1ccc2c(c1)OCC[C@@H]2N1CCCC[C@H]1c1ccc(F)cc1. The molecule has 10 heteroatoms. The summed E-state index contributed by atoms with van der Waals surface area (Å²) in [5.74, 6) is 0.355. The quantitative estimate of drug-likeness (QED) is 0.585. The molecule has 0 saturated carbocycles. The minimum Gasteiger partial charge on any atom is -0.493 e. The van der Waals surface area contributed by atoms with E-state index in [9.17, 15) is 12.8 Å². The second kappa shape index (κ2) is 8.76. The van der Waals surface area contributed by atoms with E-state index in [1.165, 1.54) is 18.5 Å². The standard InChI is InChI=1S/C22H23FN4O3S2/c23-16-6-4-15(5-7-16)19-3-1-2-11-27(19)20-10-12-30-21-13-17(8-9-18(20)21)32(28,29)26-22-24-14-25-31-22/h4-9,13-14,19-20H,1-3,10-12H2,(H,24,25,26)/t19-,20-/m0/s1. The number of aromatic nitrogens is 2. The molecule has 0 bridgehead atoms. The van der Waals surface area contributed by atoms with Crippen molar-refractivity contribution in [2.24, 2.45) is 0 Å². The largest absolute Gasteiger partial charge is 0.493 e. The van der Waals surface area contributed by atoms with Crippen molar-refractivity contribution in [2.75, 3.05) is 17.9 Å². The van der Waals surface area contributed by atoms with Crippen LogP contribution in [-0.2, 0) is 10.0 Å². The van der Waals surface area contributed by atoms with Crippen LogP contribution in [0.5, 0.6) is 5.75 Å². The van der Waals surface area contributed by atoms with Gasteiger partial charge in [-0.3, -0.25) is 9.62 Å². The molecule has 3 heterocycles. The summed E-state index contributed by atoms with van der Waals surface area (Å²) in [6, 6.07) is 12.1. The smallest absolute Gasteiger partial charge is 0.263 e. The second-order valence-corrected chi connectivity index (χ2v) is 10.5. The topological polar surface area (TPSA) is 84.4 Å². The van der Waals surface area contributed by atoms with Crippen LogP contribution >= 0.6 is 11.5 Å². The first-order chi connectivity index (χ1) is 15.5. The van der Waals surface area contributed by atoms with Crippen molar-refractivity contribution in [1.29, 1.82) is 0 Å². The molecule has 1 N–H and O–H groups in total. The van der Waals surface area contributed by atoms with Crippen molar-refractivity contribution < 1.29 is 17.5 Å². The van der Waals surface area contributed by atoms with Crippen LogP contribution in [0.25, 0.3) is 0 Å². The molecule has 0 spiro atoms. The Morgan fingerprint density at radius 1 is 1.09 bits per heavy atom. The van der Waals surface area contributed by atoms with Crippen LogP contribution in [0.4, 0.5) is 9.52 Å². The summed E-state index contributed by atoms with van der Waals surface area (Å²) in [5.41, 5.74) is 2.10. The molecule has 0 aliphatic carbocycles. The molecule has 1 fully saturated rings. The normalized spacial score (nSPS) is 21.5. The van der Waals surface area contributed by atoms with E-state index in [4.69, 9.17) is 4.74 Å². The van der Waals surface area contributed by atoms with Crippen molar-refractivity contribution in [1.82, 2.24) is 14.3 Å². The average Bonchev–Trinajstić information content (AvgIpc) is 3.31. The number of fused-ring (bicyclic) bond motifs is 1. The van der Waals surface area contributed by atoms with Gasteiger partial charge < -0.3 is 4.74 Å². The minimum absolute atomic E-state index is 0.113. The fourth-order valence-electron chi connectivity index (χ4n) is 4.62. The third kappa shape index (κ3) is 4.22. The van der Waals surface area contributed by atoms with Crippen LogP contribution < -0.4 is 9.46 Å². The number of hydrogen-bond acceptors (Lipinski definition) is 7. The number of hydrogen-bond donors (Lipinski definition) is 1. The van der Waals surface area contributed by atoms with Gasteiger partial charge in [-0.15, -0.1) is 0 Å². The summed E-state index contributed by atoms with van der Waals surface area (Å²) >= 11 is 0.979. The molecule has 3 aromatic rings. The second-order valence-electron chi connectivity index (χ2n) is 8.01. The van der Waals surface area contributed by atoms with Gasteiger partial charge in [0.25, 0.3) is 10.0 Å². The molecular weight excluding hydrogens is 451 g/mol. The van der Waals surface area contributed by atoms with Gasteiger partial charge in [0.05, 0.1) is 11.5 Å². The van der Waals surface area contributed by atoms with Gasteiger partial charge in [-0.1, -0.05) is 24.6 Å². The summed E-state index contributed by atoms with van der Waals surface area (Å²) in [6.07, 6.45) is 5.36. The van der Waals surface area contributed by atoms with Gasteiger partial charge in [-0.25, -0.2) is 17.8 Å². The lowest BCUT2D eigenvalue weighted by molar-refractivity contribution is 0.0668. The van der Waals surface area contributed by atoms with Crippen molar-refractivity contribution in [3.63, 3.8) is 0 Å². The number of benzene rings is 2. The molecule has 2 aliphatic heterocycles. The van der Waals surface area contributed by atoms with Crippen LogP contribution in [0.15, 0.2) is 53.7 Å². The van der Waals surface area contributed by atoms with E-state index in [2.05, 4.69) is 19.0 Å². The first-order valence-corrected chi connectivity index (χ1v) is 12.8. The number of nitrogens with one attached hydrogen (secondary N) is 1. The highest BCUT2D eigenvalue weighted by molar-refractivity contribution is 7.93. The molecule has 2 aromatic carbocycles. The van der Waals surface area contributed by atoms with Crippen LogP contribution in [0, 0.1) is 5.82 Å². The van der Waals surface area contributed by atoms with E-state index in [-0.39, 0.29) is 27.9 Å². The van der Waals surface area contributed by atoms with E-state index in [1.54, 1.807) is 12.1 Å². The monoisotopic (exact) mass is 474 g/mol. The molecule has 0 unspecified atom stereocenters. The Balaban J connectivity index is 1.44. The molecular formula is C22H23FN4O3S2. The number of likely N-dealkylation sites (tertiary alicyclic amines) is 1. The molecule has 0 radical (unpaired) electrons. The molecule has 7 nitrogen and oxygen atoms in total. The fourth-order valence-corrected chi connectivity index (χ4v) is 6.30. The number of halogens is 1. The van der Waals surface area contributed by atoms with Gasteiger partial charge >= 0.3 is 0 Å². The first kappa shape index (κ1) is 21.3. The summed E-state index contributed by atoms with van der Waals surface area (Å²) in [6.45, 7) is 1.45. The summed E-state index contributed by atoms with van der Waals surface area (Å²) in [5, 5.41) is 0.219. The summed E-state index contributed by atoms with van der Waals surface area (Å²) in [4.78, 5) is 6.48. The lowest BCUT2D eigenvalue weighted by Gasteiger charge is -2.43. The number of piperidine rings is 1. The molecule has 168 valence electrons. The van der Waals surface area contributed by atoms with Crippen molar-refractivity contribution in [3.8, 4) is 5.75 Å². The molecule has 32 heavy (non-hydrogen) atoms. The lowest BCUT2D eigenvalue weighted by Crippen LogP contribution is -2.38. The number of nitrogens with zero attached hydrogens (tertiary/aromatic N) is 3. The average molecular weight is 475 g/mol. The third-order valence-electron chi connectivity index (χ3n) is 6.09. The van der Waals surface area contributed by atoms with Gasteiger partial charge in [0.15, 0.2) is 0 Å². The van der Waals surface area contributed by atoms with Crippen LogP contribution in [0.2, 0.25) is 0 Å². The molecule has 5 rings (SSSR count). The molecule has 2 atom stereocenters. The number of anilines is 1. The van der Waals surface area contributed by atoms with Crippen LogP contribution in [0.1, 0.15) is 48.9 Å². The maximum atomic E-state index is 13.5. The Kier molecular flexibility index (Phi) is 5.83. The lowest BCUT2D eigenvalue weighted by atomic mass is 9.89. The van der Waals surface area contributed by atoms with Gasteiger partial charge in [0.2, 0.25) is 5.13 Å². The van der Waals surface area contributed by atoms with Crippen LogP contribution in [0.3, 0.4) is 0 Å². The Hall–Kier alpha value is -2.56. The minimum atomic E-state index is -3.79. The molecule has 1 saturated heterocycles. The van der Waals surface area contributed by atoms with E-state index < -0.39 is 10.0 Å². The van der Waals surface area contributed by atoms with E-state index in [0.29, 0.717) is 12.4 Å². The highest BCUT2D eigenvalue weighted by atomic mass is 32.2. The van der Waals surface area contributed by atoms with Crippen LogP contribution in [-0.4, -0.2) is 35.8 Å². The Morgan fingerprint density at radius 2 is 1.94 bits per heavy atom. The zero-order valence-electron chi connectivity index (χ0n) is 17.3. The van der Waals surface area contributed by atoms with E-state index in [1.807, 2.05) is 18.2 Å². The third-order valence-corrected chi connectivity index (χ3v) is 8.13. The highest BCUT2D eigenvalue weighted by Crippen LogP contribution is 2.44. The zero-order chi connectivity index (χ0) is 22.1. The molecule has 0 amide bonds. The van der Waals surface area contributed by atoms with Gasteiger partial charge in [0.1, 0.15) is 17.9 Å². The van der Waals surface area contributed by atoms with Crippen molar-refractivity contribution in [2.45, 2.75) is 42.7 Å². The number of sulfonamides is 1. The summed E-state index contributed by atoms with van der Waals surface area (Å²) in [7, 11) is -3.79. The zero-order valence-corrected chi connectivity index (χ0v) is 18.9. The maximum absolute atomic E-state index is 13.5.